The largest absolute Gasteiger partial charge is 0.466 e. The third-order valence-corrected chi connectivity index (χ3v) is 5.62. The fraction of sp³-hybridized carbons (Fsp3) is 0.632. The van der Waals surface area contributed by atoms with Crippen LogP contribution in [0.3, 0.4) is 0 Å². The maximum absolute atomic E-state index is 12.3. The summed E-state index contributed by atoms with van der Waals surface area (Å²) in [6.45, 7) is 6.60. The molecule has 0 saturated heterocycles. The maximum atomic E-state index is 12.3. The summed E-state index contributed by atoms with van der Waals surface area (Å²) < 4.78 is 10.7. The summed E-state index contributed by atoms with van der Waals surface area (Å²) >= 11 is 0. The van der Waals surface area contributed by atoms with Crippen LogP contribution in [0.15, 0.2) is 35.5 Å². The van der Waals surface area contributed by atoms with Gasteiger partial charge < -0.3 is 14.6 Å². The lowest BCUT2D eigenvalue weighted by Crippen LogP contribution is -2.41. The minimum absolute atomic E-state index is 0.171. The molecule has 5 atom stereocenters. The SMILES string of the molecule is COC(=O)/C1=C/[C@@H]2C(C(C)C)CC=C(C)[C@@H]2CC2C=C[C@@]1(O)O2. The highest BCUT2D eigenvalue weighted by Gasteiger charge is 2.47. The van der Waals surface area contributed by atoms with E-state index in [9.17, 15) is 9.90 Å². The number of esters is 1. The van der Waals surface area contributed by atoms with Gasteiger partial charge in [0.2, 0.25) is 5.79 Å². The van der Waals surface area contributed by atoms with Gasteiger partial charge in [0.25, 0.3) is 0 Å². The van der Waals surface area contributed by atoms with E-state index < -0.39 is 11.8 Å². The van der Waals surface area contributed by atoms with Gasteiger partial charge in [0, 0.05) is 0 Å². The van der Waals surface area contributed by atoms with Gasteiger partial charge in [-0.2, -0.15) is 0 Å². The van der Waals surface area contributed by atoms with Gasteiger partial charge in [-0.3, -0.25) is 0 Å². The first-order valence-corrected chi connectivity index (χ1v) is 8.42. The predicted molar refractivity (Wildman–Crippen MR) is 87.4 cm³/mol. The molecule has 126 valence electrons. The molecule has 0 radical (unpaired) electrons. The first-order valence-electron chi connectivity index (χ1n) is 8.42. The average Bonchev–Trinajstić information content (AvgIpc) is 2.89. The zero-order chi connectivity index (χ0) is 16.8. The molecule has 0 aromatic heterocycles. The van der Waals surface area contributed by atoms with Crippen LogP contribution in [0.1, 0.15) is 33.6 Å². The molecular weight excluding hydrogens is 292 g/mol. The summed E-state index contributed by atoms with van der Waals surface area (Å²) in [4.78, 5) is 12.3. The molecule has 3 aliphatic rings. The second-order valence-electron chi connectivity index (χ2n) is 7.30. The summed E-state index contributed by atoms with van der Waals surface area (Å²) in [6, 6.07) is 0. The van der Waals surface area contributed by atoms with Crippen molar-refractivity contribution in [1.29, 1.82) is 0 Å². The minimum atomic E-state index is -1.65. The van der Waals surface area contributed by atoms with Crippen LogP contribution in [0.2, 0.25) is 0 Å². The van der Waals surface area contributed by atoms with E-state index in [4.69, 9.17) is 9.47 Å². The number of aliphatic hydroxyl groups is 1. The molecule has 0 aromatic rings. The van der Waals surface area contributed by atoms with Crippen molar-refractivity contribution in [2.45, 2.75) is 45.5 Å². The lowest BCUT2D eigenvalue weighted by atomic mass is 9.66. The van der Waals surface area contributed by atoms with Crippen LogP contribution in [0.5, 0.6) is 0 Å². The molecule has 1 N–H and O–H groups in total. The fourth-order valence-electron chi connectivity index (χ4n) is 4.25. The number of hydrogen-bond acceptors (Lipinski definition) is 4. The molecule has 3 rings (SSSR count). The van der Waals surface area contributed by atoms with Crippen molar-refractivity contribution in [3.8, 4) is 0 Å². The minimum Gasteiger partial charge on any atom is -0.466 e. The van der Waals surface area contributed by atoms with Crippen LogP contribution in [0.4, 0.5) is 0 Å². The van der Waals surface area contributed by atoms with Crippen LogP contribution < -0.4 is 0 Å². The molecule has 4 heteroatoms. The van der Waals surface area contributed by atoms with E-state index in [1.165, 1.54) is 12.7 Å². The van der Waals surface area contributed by atoms with E-state index >= 15 is 0 Å². The standard InChI is InChI=1S/C19H26O4/c1-11(2)14-6-5-12(3)15-9-13-7-8-19(21,23-13)17(10-16(14)15)18(20)22-4/h5,7-8,10-11,13-16,21H,6,9H2,1-4H3/b17-10-/t13?,14?,15-,16+,19+/m0/s1. The molecule has 2 heterocycles. The molecule has 0 saturated carbocycles. The summed E-state index contributed by atoms with van der Waals surface area (Å²) in [5, 5.41) is 10.8. The molecule has 4 nitrogen and oxygen atoms in total. The highest BCUT2D eigenvalue weighted by molar-refractivity contribution is 5.91. The van der Waals surface area contributed by atoms with E-state index in [2.05, 4.69) is 26.8 Å². The van der Waals surface area contributed by atoms with Gasteiger partial charge in [-0.25, -0.2) is 4.79 Å². The molecule has 23 heavy (non-hydrogen) atoms. The number of rotatable bonds is 2. The highest BCUT2D eigenvalue weighted by Crippen LogP contribution is 2.46. The van der Waals surface area contributed by atoms with Gasteiger partial charge in [0.1, 0.15) is 0 Å². The molecule has 0 fully saturated rings. The Morgan fingerprint density at radius 1 is 1.48 bits per heavy atom. The van der Waals surface area contributed by atoms with Crippen LogP contribution in [-0.4, -0.2) is 30.1 Å². The normalized spacial score (nSPS) is 41.5. The van der Waals surface area contributed by atoms with E-state index in [1.807, 2.05) is 12.2 Å². The highest BCUT2D eigenvalue weighted by atomic mass is 16.6. The average molecular weight is 318 g/mol. The Hall–Kier alpha value is -1.39. The van der Waals surface area contributed by atoms with Gasteiger partial charge in [0.15, 0.2) is 0 Å². The van der Waals surface area contributed by atoms with Crippen LogP contribution >= 0.6 is 0 Å². The van der Waals surface area contributed by atoms with Crippen molar-refractivity contribution in [2.24, 2.45) is 23.7 Å². The summed E-state index contributed by atoms with van der Waals surface area (Å²) in [6.07, 6.45) is 9.36. The second-order valence-corrected chi connectivity index (χ2v) is 7.30. The fourth-order valence-corrected chi connectivity index (χ4v) is 4.25. The number of carbonyl (C=O) groups excluding carboxylic acids is 1. The summed E-state index contributed by atoms with van der Waals surface area (Å²) in [7, 11) is 1.34. The van der Waals surface area contributed by atoms with Crippen LogP contribution in [-0.2, 0) is 14.3 Å². The monoisotopic (exact) mass is 318 g/mol. The smallest absolute Gasteiger partial charge is 0.339 e. The van der Waals surface area contributed by atoms with E-state index in [0.717, 1.165) is 12.8 Å². The van der Waals surface area contributed by atoms with E-state index in [1.54, 1.807) is 6.08 Å². The predicted octanol–water partition coefficient (Wildman–Crippen LogP) is 2.99. The lowest BCUT2D eigenvalue weighted by Gasteiger charge is -2.41. The quantitative estimate of drug-likeness (QED) is 0.628. The zero-order valence-corrected chi connectivity index (χ0v) is 14.3. The topological polar surface area (TPSA) is 55.8 Å². The lowest BCUT2D eigenvalue weighted by molar-refractivity contribution is -0.166. The maximum Gasteiger partial charge on any atom is 0.339 e. The van der Waals surface area contributed by atoms with Crippen molar-refractivity contribution < 1.29 is 19.4 Å². The molecule has 2 bridgehead atoms. The third-order valence-electron chi connectivity index (χ3n) is 5.62. The number of hydrogen-bond donors (Lipinski definition) is 1. The number of ether oxygens (including phenoxy) is 2. The van der Waals surface area contributed by atoms with Crippen molar-refractivity contribution in [2.75, 3.05) is 7.11 Å². The summed E-state index contributed by atoms with van der Waals surface area (Å²) in [5.41, 5.74) is 1.57. The van der Waals surface area contributed by atoms with Crippen molar-refractivity contribution >= 4 is 5.97 Å². The Kier molecular flexibility index (Phi) is 4.23. The molecule has 0 spiro atoms. The number of fused-ring (bicyclic) bond motifs is 3. The van der Waals surface area contributed by atoms with Crippen molar-refractivity contribution in [3.63, 3.8) is 0 Å². The Bertz CT molecular complexity index is 586. The molecule has 2 unspecified atom stereocenters. The Morgan fingerprint density at radius 3 is 2.87 bits per heavy atom. The molecular formula is C19H26O4. The number of methoxy groups -OCH3 is 1. The van der Waals surface area contributed by atoms with Crippen LogP contribution in [0, 0.1) is 23.7 Å². The zero-order valence-electron chi connectivity index (χ0n) is 14.3. The third kappa shape index (κ3) is 2.79. The first kappa shape index (κ1) is 16.5. The molecule has 0 amide bonds. The van der Waals surface area contributed by atoms with Crippen LogP contribution in [0.25, 0.3) is 0 Å². The van der Waals surface area contributed by atoms with Gasteiger partial charge in [-0.15, -0.1) is 0 Å². The first-order chi connectivity index (χ1) is 10.9. The van der Waals surface area contributed by atoms with Gasteiger partial charge in [0.05, 0.1) is 18.8 Å². The van der Waals surface area contributed by atoms with Crippen molar-refractivity contribution in [3.05, 3.63) is 35.5 Å². The van der Waals surface area contributed by atoms with E-state index in [-0.39, 0.29) is 17.6 Å². The summed E-state index contributed by atoms with van der Waals surface area (Å²) in [5.74, 6) is -0.681. The van der Waals surface area contributed by atoms with Gasteiger partial charge in [-0.1, -0.05) is 37.6 Å². The van der Waals surface area contributed by atoms with Gasteiger partial charge >= 0.3 is 5.97 Å². The molecule has 2 aliphatic heterocycles. The number of carbonyl (C=O) groups is 1. The molecule has 1 aliphatic carbocycles. The Morgan fingerprint density at radius 2 is 2.22 bits per heavy atom. The van der Waals surface area contributed by atoms with E-state index in [0.29, 0.717) is 17.8 Å². The second kappa shape index (κ2) is 5.91. The Balaban J connectivity index is 2.11. The number of allylic oxidation sites excluding steroid dienone is 3. The molecule has 0 aromatic carbocycles. The van der Waals surface area contributed by atoms with Gasteiger partial charge in [-0.05, 0) is 49.5 Å². The van der Waals surface area contributed by atoms with Crippen molar-refractivity contribution in [1.82, 2.24) is 0 Å². The Labute approximate surface area is 137 Å².